The average Bonchev–Trinajstić information content (AvgIpc) is 2.86. The van der Waals surface area contributed by atoms with E-state index in [0.29, 0.717) is 12.3 Å². The third-order valence-electron chi connectivity index (χ3n) is 2.94. The maximum absolute atomic E-state index is 11.3. The van der Waals surface area contributed by atoms with Crippen LogP contribution in [0.2, 0.25) is 0 Å². The number of furan rings is 1. The van der Waals surface area contributed by atoms with Gasteiger partial charge in [0.1, 0.15) is 5.76 Å². The van der Waals surface area contributed by atoms with Gasteiger partial charge in [0.2, 0.25) is 5.76 Å². The normalized spacial score (nSPS) is 14.4. The first-order valence-electron chi connectivity index (χ1n) is 6.04. The van der Waals surface area contributed by atoms with Crippen molar-refractivity contribution in [3.8, 4) is 0 Å². The van der Waals surface area contributed by atoms with E-state index in [1.54, 1.807) is 19.2 Å². The quantitative estimate of drug-likeness (QED) is 0.748. The van der Waals surface area contributed by atoms with E-state index in [-0.39, 0.29) is 18.4 Å². The summed E-state index contributed by atoms with van der Waals surface area (Å²) >= 11 is 0. The van der Waals surface area contributed by atoms with Crippen LogP contribution in [-0.2, 0) is 9.47 Å². The molecule has 0 radical (unpaired) electrons. The zero-order chi connectivity index (χ0) is 14.4. The number of methoxy groups -OCH3 is 2. The van der Waals surface area contributed by atoms with Gasteiger partial charge in [-0.25, -0.2) is 4.79 Å². The largest absolute Gasteiger partial charge is 0.463 e. The van der Waals surface area contributed by atoms with Crippen LogP contribution in [0, 0.1) is 0 Å². The summed E-state index contributed by atoms with van der Waals surface area (Å²) in [5.74, 6) is 0.322. The second-order valence-corrected chi connectivity index (χ2v) is 4.42. The predicted octanol–water partition coefficient (Wildman–Crippen LogP) is 1.07. The molecule has 1 rings (SSSR count). The number of aliphatic hydroxyl groups is 1. The highest BCUT2D eigenvalue weighted by molar-refractivity contribution is 5.86. The van der Waals surface area contributed by atoms with E-state index in [0.717, 1.165) is 0 Å². The predicted molar refractivity (Wildman–Crippen MR) is 69.0 cm³/mol. The molecule has 0 saturated heterocycles. The minimum Gasteiger partial charge on any atom is -0.463 e. The number of esters is 1. The molecule has 0 amide bonds. The van der Waals surface area contributed by atoms with Crippen molar-refractivity contribution in [2.24, 2.45) is 0 Å². The summed E-state index contributed by atoms with van der Waals surface area (Å²) < 4.78 is 14.9. The molecular formula is C13H21NO5. The molecule has 0 aliphatic heterocycles. The van der Waals surface area contributed by atoms with Crippen LogP contribution in [-0.4, -0.2) is 56.5 Å². The molecule has 0 aliphatic carbocycles. The Kier molecular flexibility index (Phi) is 6.01. The van der Waals surface area contributed by atoms with Crippen molar-refractivity contribution >= 4 is 5.97 Å². The number of carbonyl (C=O) groups excluding carboxylic acids is 1. The minimum atomic E-state index is -0.563. The van der Waals surface area contributed by atoms with Gasteiger partial charge in [-0.15, -0.1) is 0 Å². The first kappa shape index (κ1) is 15.7. The van der Waals surface area contributed by atoms with Crippen molar-refractivity contribution in [2.75, 3.05) is 34.4 Å². The number of hydrogen-bond acceptors (Lipinski definition) is 6. The zero-order valence-electron chi connectivity index (χ0n) is 11.8. The number of carbonyl (C=O) groups is 1. The van der Waals surface area contributed by atoms with Crippen LogP contribution in [0.1, 0.15) is 29.3 Å². The molecule has 0 saturated carbocycles. The minimum absolute atomic E-state index is 0.0649. The van der Waals surface area contributed by atoms with E-state index >= 15 is 0 Å². The molecule has 19 heavy (non-hydrogen) atoms. The maximum atomic E-state index is 11.3. The second kappa shape index (κ2) is 7.28. The van der Waals surface area contributed by atoms with Gasteiger partial charge in [-0.2, -0.15) is 0 Å². The first-order valence-corrected chi connectivity index (χ1v) is 6.04. The highest BCUT2D eigenvalue weighted by Crippen LogP contribution is 2.21. The summed E-state index contributed by atoms with van der Waals surface area (Å²) in [6.45, 7) is 2.66. The van der Waals surface area contributed by atoms with Gasteiger partial charge in [-0.3, -0.25) is 4.90 Å². The second-order valence-electron chi connectivity index (χ2n) is 4.42. The van der Waals surface area contributed by atoms with Crippen LogP contribution >= 0.6 is 0 Å². The van der Waals surface area contributed by atoms with Crippen molar-refractivity contribution in [2.45, 2.75) is 19.1 Å². The lowest BCUT2D eigenvalue weighted by Gasteiger charge is -2.25. The van der Waals surface area contributed by atoms with Crippen LogP contribution in [0.25, 0.3) is 0 Å². The van der Waals surface area contributed by atoms with Gasteiger partial charge in [0.25, 0.3) is 0 Å². The van der Waals surface area contributed by atoms with E-state index in [4.69, 9.17) is 9.15 Å². The Morgan fingerprint density at radius 3 is 2.74 bits per heavy atom. The van der Waals surface area contributed by atoms with E-state index in [2.05, 4.69) is 4.74 Å². The standard InChI is InChI=1S/C13H21NO5/c1-9(14(2)7-10(15)8-17-3)11-5-6-12(19-11)13(16)18-4/h5-6,9-10,15H,7-8H2,1-4H3. The fourth-order valence-corrected chi connectivity index (χ4v) is 1.74. The van der Waals surface area contributed by atoms with Crippen LogP contribution in [0.5, 0.6) is 0 Å². The van der Waals surface area contributed by atoms with Gasteiger partial charge >= 0.3 is 5.97 Å². The Morgan fingerprint density at radius 1 is 1.47 bits per heavy atom. The van der Waals surface area contributed by atoms with E-state index in [1.807, 2.05) is 18.9 Å². The van der Waals surface area contributed by atoms with Gasteiger partial charge in [-0.1, -0.05) is 0 Å². The number of hydrogen-bond donors (Lipinski definition) is 1. The molecule has 2 unspecified atom stereocenters. The molecule has 1 aromatic heterocycles. The first-order chi connectivity index (χ1) is 8.99. The summed E-state index contributed by atoms with van der Waals surface area (Å²) in [7, 11) is 4.72. The van der Waals surface area contributed by atoms with Gasteiger partial charge in [0.15, 0.2) is 0 Å². The molecule has 1 aromatic rings. The van der Waals surface area contributed by atoms with Gasteiger partial charge in [0, 0.05) is 13.7 Å². The average molecular weight is 271 g/mol. The van der Waals surface area contributed by atoms with E-state index < -0.39 is 12.1 Å². The highest BCUT2D eigenvalue weighted by Gasteiger charge is 2.20. The van der Waals surface area contributed by atoms with E-state index in [9.17, 15) is 9.90 Å². The van der Waals surface area contributed by atoms with Crippen molar-refractivity contribution in [3.05, 3.63) is 23.7 Å². The summed E-state index contributed by atoms with van der Waals surface area (Å²) in [4.78, 5) is 13.2. The molecular weight excluding hydrogens is 250 g/mol. The number of rotatable bonds is 7. The lowest BCUT2D eigenvalue weighted by Crippen LogP contribution is -2.33. The molecule has 1 N–H and O–H groups in total. The molecule has 0 bridgehead atoms. The topological polar surface area (TPSA) is 72.1 Å². The third-order valence-corrected chi connectivity index (χ3v) is 2.94. The van der Waals surface area contributed by atoms with Crippen molar-refractivity contribution < 1.29 is 23.8 Å². The molecule has 6 nitrogen and oxygen atoms in total. The number of nitrogens with zero attached hydrogens (tertiary/aromatic N) is 1. The Labute approximate surface area is 112 Å². The van der Waals surface area contributed by atoms with Crippen LogP contribution in [0.4, 0.5) is 0 Å². The fraction of sp³-hybridized carbons (Fsp3) is 0.615. The molecule has 6 heteroatoms. The zero-order valence-corrected chi connectivity index (χ0v) is 11.8. The number of ether oxygens (including phenoxy) is 2. The molecule has 108 valence electrons. The summed E-state index contributed by atoms with van der Waals surface area (Å²) in [6.07, 6.45) is -0.563. The summed E-state index contributed by atoms with van der Waals surface area (Å²) in [6, 6.07) is 3.25. The summed E-state index contributed by atoms with van der Waals surface area (Å²) in [5, 5.41) is 9.68. The molecule has 2 atom stereocenters. The van der Waals surface area contributed by atoms with Crippen LogP contribution < -0.4 is 0 Å². The molecule has 0 fully saturated rings. The molecule has 0 aliphatic rings. The molecule has 1 heterocycles. The summed E-state index contributed by atoms with van der Waals surface area (Å²) in [5.41, 5.74) is 0. The highest BCUT2D eigenvalue weighted by atomic mass is 16.5. The Balaban J connectivity index is 2.63. The number of aliphatic hydroxyl groups excluding tert-OH is 1. The monoisotopic (exact) mass is 271 g/mol. The smallest absolute Gasteiger partial charge is 0.373 e. The van der Waals surface area contributed by atoms with Gasteiger partial charge < -0.3 is 19.0 Å². The van der Waals surface area contributed by atoms with Crippen molar-refractivity contribution in [1.82, 2.24) is 4.90 Å². The Hall–Kier alpha value is -1.37. The molecule has 0 aromatic carbocycles. The van der Waals surface area contributed by atoms with Crippen molar-refractivity contribution in [3.63, 3.8) is 0 Å². The van der Waals surface area contributed by atoms with E-state index in [1.165, 1.54) is 7.11 Å². The number of likely N-dealkylation sites (N-methyl/N-ethyl adjacent to an activating group) is 1. The maximum Gasteiger partial charge on any atom is 0.373 e. The fourth-order valence-electron chi connectivity index (χ4n) is 1.74. The SMILES string of the molecule is COCC(O)CN(C)C(C)c1ccc(C(=O)OC)o1. The Morgan fingerprint density at radius 2 is 2.16 bits per heavy atom. The lowest BCUT2D eigenvalue weighted by molar-refractivity contribution is 0.0332. The molecule has 0 spiro atoms. The third kappa shape index (κ3) is 4.34. The Bertz CT molecular complexity index is 403. The van der Waals surface area contributed by atoms with Crippen molar-refractivity contribution in [1.29, 1.82) is 0 Å². The van der Waals surface area contributed by atoms with Crippen LogP contribution in [0.15, 0.2) is 16.5 Å². The van der Waals surface area contributed by atoms with Gasteiger partial charge in [0.05, 0.1) is 25.9 Å². The van der Waals surface area contributed by atoms with Gasteiger partial charge in [-0.05, 0) is 26.1 Å². The van der Waals surface area contributed by atoms with Crippen LogP contribution in [0.3, 0.4) is 0 Å². The lowest BCUT2D eigenvalue weighted by atomic mass is 10.2.